The van der Waals surface area contributed by atoms with E-state index in [2.05, 4.69) is 4.72 Å². The number of nitrogens with one attached hydrogen (secondary N) is 1. The van der Waals surface area contributed by atoms with Crippen molar-refractivity contribution in [3.63, 3.8) is 0 Å². The highest BCUT2D eigenvalue weighted by molar-refractivity contribution is 7.87. The molecule has 0 aliphatic heterocycles. The molecular weight excluding hydrogens is 262 g/mol. The number of halogens is 1. The van der Waals surface area contributed by atoms with Gasteiger partial charge in [0.15, 0.2) is 0 Å². The fourth-order valence-electron chi connectivity index (χ4n) is 2.10. The topological polar surface area (TPSA) is 96.0 Å². The molecule has 1 aromatic rings. The molecule has 17 heavy (non-hydrogen) atoms. The second kappa shape index (κ2) is 4.27. The Labute approximate surface area is 104 Å². The van der Waals surface area contributed by atoms with Crippen molar-refractivity contribution in [2.45, 2.75) is 18.9 Å². The Balaban J connectivity index is 2.43. The first-order chi connectivity index (χ1) is 7.90. The second-order valence-corrected chi connectivity index (χ2v) is 5.63. The summed E-state index contributed by atoms with van der Waals surface area (Å²) in [5.41, 5.74) is 2.10. The maximum Gasteiger partial charge on any atom is 0.274 e. The standard InChI is InChI=1S/C10H10ClN3O2S/c11-8-4-6(5-12)3-7-1-2-9(10(7)8)14-17(13,15)16/h3-4,9,14H,1-2H2,(H2,13,15,16)/t9-/m1/s1. The van der Waals surface area contributed by atoms with E-state index < -0.39 is 16.3 Å². The lowest BCUT2D eigenvalue weighted by Gasteiger charge is -2.13. The molecule has 0 bridgehead atoms. The minimum atomic E-state index is -3.76. The monoisotopic (exact) mass is 271 g/mol. The Kier molecular flexibility index (Phi) is 3.10. The molecule has 90 valence electrons. The van der Waals surface area contributed by atoms with Crippen molar-refractivity contribution < 1.29 is 8.42 Å². The van der Waals surface area contributed by atoms with Crippen LogP contribution in [-0.4, -0.2) is 8.42 Å². The number of hydrogen-bond donors (Lipinski definition) is 2. The van der Waals surface area contributed by atoms with E-state index in [1.807, 2.05) is 6.07 Å². The molecule has 1 aliphatic carbocycles. The van der Waals surface area contributed by atoms with Gasteiger partial charge in [-0.15, -0.1) is 0 Å². The SMILES string of the molecule is N#Cc1cc(Cl)c2c(c1)CC[C@H]2NS(N)(=O)=O. The first-order valence-corrected chi connectivity index (χ1v) is 6.85. The summed E-state index contributed by atoms with van der Waals surface area (Å²) in [7, 11) is -3.76. The van der Waals surface area contributed by atoms with Crippen LogP contribution in [0.5, 0.6) is 0 Å². The Morgan fingerprint density at radius 2 is 2.24 bits per heavy atom. The predicted octanol–water partition coefficient (Wildman–Crippen LogP) is 0.992. The molecule has 0 unspecified atom stereocenters. The third-order valence-electron chi connectivity index (χ3n) is 2.70. The Hall–Kier alpha value is -1.13. The fourth-order valence-corrected chi connectivity index (χ4v) is 3.10. The van der Waals surface area contributed by atoms with Gasteiger partial charge in [-0.25, -0.2) is 5.14 Å². The van der Waals surface area contributed by atoms with Crippen LogP contribution in [0.3, 0.4) is 0 Å². The lowest BCUT2D eigenvalue weighted by atomic mass is 10.1. The van der Waals surface area contributed by atoms with Gasteiger partial charge in [-0.2, -0.15) is 18.4 Å². The Morgan fingerprint density at radius 3 is 2.82 bits per heavy atom. The highest BCUT2D eigenvalue weighted by Gasteiger charge is 2.28. The molecule has 0 saturated carbocycles. The summed E-state index contributed by atoms with van der Waals surface area (Å²) in [6, 6.07) is 4.87. The van der Waals surface area contributed by atoms with Gasteiger partial charge >= 0.3 is 0 Å². The molecule has 0 saturated heterocycles. The first kappa shape index (κ1) is 12.3. The molecule has 0 spiro atoms. The van der Waals surface area contributed by atoms with Gasteiger partial charge in [-0.1, -0.05) is 11.6 Å². The third kappa shape index (κ3) is 2.58. The minimum Gasteiger partial charge on any atom is -0.216 e. The van der Waals surface area contributed by atoms with Crippen LogP contribution in [0.1, 0.15) is 29.2 Å². The van der Waals surface area contributed by atoms with Crippen molar-refractivity contribution in [2.24, 2.45) is 5.14 Å². The van der Waals surface area contributed by atoms with Gasteiger partial charge in [-0.05, 0) is 36.1 Å². The zero-order chi connectivity index (χ0) is 12.6. The highest BCUT2D eigenvalue weighted by Crippen LogP contribution is 2.37. The third-order valence-corrected chi connectivity index (χ3v) is 3.63. The average molecular weight is 272 g/mol. The number of nitrogens with zero attached hydrogens (tertiary/aromatic N) is 1. The number of nitriles is 1. The van der Waals surface area contributed by atoms with Crippen molar-refractivity contribution in [3.05, 3.63) is 33.8 Å². The number of aryl methyl sites for hydroxylation is 1. The van der Waals surface area contributed by atoms with Gasteiger partial charge in [0.05, 0.1) is 11.6 Å². The molecule has 3 N–H and O–H groups in total. The lowest BCUT2D eigenvalue weighted by Crippen LogP contribution is -2.33. The van der Waals surface area contributed by atoms with E-state index in [4.69, 9.17) is 22.0 Å². The maximum absolute atomic E-state index is 11.0. The zero-order valence-corrected chi connectivity index (χ0v) is 10.3. The van der Waals surface area contributed by atoms with E-state index in [-0.39, 0.29) is 0 Å². The van der Waals surface area contributed by atoms with Gasteiger partial charge in [0, 0.05) is 11.1 Å². The fraction of sp³-hybridized carbons (Fsp3) is 0.300. The van der Waals surface area contributed by atoms with Crippen LogP contribution in [-0.2, 0) is 16.6 Å². The van der Waals surface area contributed by atoms with Crippen molar-refractivity contribution in [2.75, 3.05) is 0 Å². The lowest BCUT2D eigenvalue weighted by molar-refractivity contribution is 0.556. The molecule has 7 heteroatoms. The largest absolute Gasteiger partial charge is 0.274 e. The van der Waals surface area contributed by atoms with Crippen LogP contribution in [0.2, 0.25) is 5.02 Å². The maximum atomic E-state index is 11.0. The summed E-state index contributed by atoms with van der Waals surface area (Å²) in [5, 5.41) is 14.2. The second-order valence-electron chi connectivity index (χ2n) is 3.90. The molecular formula is C10H10ClN3O2S. The van der Waals surface area contributed by atoms with E-state index in [1.165, 1.54) is 6.07 Å². The Bertz CT molecular complexity index is 607. The number of fused-ring (bicyclic) bond motifs is 1. The summed E-state index contributed by atoms with van der Waals surface area (Å²) in [6.07, 6.45) is 1.28. The normalized spacial score (nSPS) is 18.8. The zero-order valence-electron chi connectivity index (χ0n) is 8.77. The van der Waals surface area contributed by atoms with Crippen LogP contribution >= 0.6 is 11.6 Å². The van der Waals surface area contributed by atoms with Crippen molar-refractivity contribution in [3.8, 4) is 6.07 Å². The summed E-state index contributed by atoms with van der Waals surface area (Å²) >= 11 is 6.05. The number of nitrogens with two attached hydrogens (primary N) is 1. The molecule has 0 radical (unpaired) electrons. The molecule has 2 rings (SSSR count). The summed E-state index contributed by atoms with van der Waals surface area (Å²) in [6.45, 7) is 0. The van der Waals surface area contributed by atoms with Gasteiger partial charge in [0.1, 0.15) is 0 Å². The van der Waals surface area contributed by atoms with Crippen LogP contribution in [0.15, 0.2) is 12.1 Å². The van der Waals surface area contributed by atoms with Gasteiger partial charge < -0.3 is 0 Å². The van der Waals surface area contributed by atoms with Crippen LogP contribution < -0.4 is 9.86 Å². The average Bonchev–Trinajstić information content (AvgIpc) is 2.59. The molecule has 5 nitrogen and oxygen atoms in total. The molecule has 1 aliphatic rings. The number of hydrogen-bond acceptors (Lipinski definition) is 3. The van der Waals surface area contributed by atoms with Crippen molar-refractivity contribution in [1.82, 2.24) is 4.72 Å². The molecule has 0 fully saturated rings. The summed E-state index contributed by atoms with van der Waals surface area (Å²) < 4.78 is 24.3. The Morgan fingerprint density at radius 1 is 1.53 bits per heavy atom. The molecule has 0 heterocycles. The van der Waals surface area contributed by atoms with E-state index in [1.54, 1.807) is 6.07 Å². The van der Waals surface area contributed by atoms with Gasteiger partial charge in [-0.3, -0.25) is 0 Å². The van der Waals surface area contributed by atoms with Crippen LogP contribution in [0, 0.1) is 11.3 Å². The quantitative estimate of drug-likeness (QED) is 0.839. The number of benzene rings is 1. The number of rotatable bonds is 2. The molecule has 1 aromatic carbocycles. The molecule has 0 aromatic heterocycles. The predicted molar refractivity (Wildman–Crippen MR) is 63.5 cm³/mol. The highest BCUT2D eigenvalue weighted by atomic mass is 35.5. The minimum absolute atomic E-state index is 0.401. The van der Waals surface area contributed by atoms with Crippen molar-refractivity contribution in [1.29, 1.82) is 5.26 Å². The van der Waals surface area contributed by atoms with E-state index >= 15 is 0 Å². The smallest absolute Gasteiger partial charge is 0.216 e. The van der Waals surface area contributed by atoms with Crippen LogP contribution in [0.25, 0.3) is 0 Å². The van der Waals surface area contributed by atoms with Crippen molar-refractivity contribution >= 4 is 21.8 Å². The molecule has 0 amide bonds. The van der Waals surface area contributed by atoms with E-state index in [0.29, 0.717) is 23.4 Å². The van der Waals surface area contributed by atoms with Gasteiger partial charge in [0.25, 0.3) is 10.2 Å². The summed E-state index contributed by atoms with van der Waals surface area (Å²) in [4.78, 5) is 0. The summed E-state index contributed by atoms with van der Waals surface area (Å²) in [5.74, 6) is 0. The van der Waals surface area contributed by atoms with E-state index in [0.717, 1.165) is 11.1 Å². The van der Waals surface area contributed by atoms with Gasteiger partial charge in [0.2, 0.25) is 0 Å². The molecule has 1 atom stereocenters. The van der Waals surface area contributed by atoms with Crippen LogP contribution in [0.4, 0.5) is 0 Å². The van der Waals surface area contributed by atoms with E-state index in [9.17, 15) is 8.42 Å². The first-order valence-electron chi connectivity index (χ1n) is 4.93.